The highest BCUT2D eigenvalue weighted by Crippen LogP contribution is 2.24. The highest BCUT2D eigenvalue weighted by molar-refractivity contribution is 6.30. The molecule has 0 bridgehead atoms. The summed E-state index contributed by atoms with van der Waals surface area (Å²) in [6.45, 7) is 0.382. The zero-order valence-corrected chi connectivity index (χ0v) is 14.2. The van der Waals surface area contributed by atoms with Crippen molar-refractivity contribution in [3.05, 3.63) is 39.8 Å². The number of carbonyl (C=O) groups is 1. The quantitative estimate of drug-likeness (QED) is 0.785. The Morgan fingerprint density at radius 3 is 2.35 bits per heavy atom. The molecular weight excluding hydrogens is 379 g/mol. The number of aliphatic hydroxyl groups is 1. The maximum atomic E-state index is 12.7. The van der Waals surface area contributed by atoms with E-state index in [1.165, 1.54) is 31.2 Å². The van der Waals surface area contributed by atoms with Crippen LogP contribution in [0.5, 0.6) is 0 Å². The van der Waals surface area contributed by atoms with Gasteiger partial charge in [0.2, 0.25) is 0 Å². The van der Waals surface area contributed by atoms with Crippen LogP contribution in [0.4, 0.5) is 13.2 Å². The molecule has 0 amide bonds. The third-order valence-corrected chi connectivity index (χ3v) is 3.94. The monoisotopic (exact) mass is 393 g/mol. The summed E-state index contributed by atoms with van der Waals surface area (Å²) in [6, 6.07) is 4.38. The molecule has 1 heterocycles. The summed E-state index contributed by atoms with van der Waals surface area (Å²) in [5.74, 6) is -1.55. The Balaban J connectivity index is 2.62. The lowest BCUT2D eigenvalue weighted by Gasteiger charge is -2.15. The SMILES string of the molecule is CCC(C(=O)O)n1nc(-c2ccc(Cl)cc2)n(C[C@H](O)C(F)(F)F)c1=O. The van der Waals surface area contributed by atoms with E-state index in [2.05, 4.69) is 5.10 Å². The molecule has 0 radical (unpaired) electrons. The van der Waals surface area contributed by atoms with Crippen LogP contribution < -0.4 is 5.69 Å². The van der Waals surface area contributed by atoms with Crippen LogP contribution in [0.15, 0.2) is 29.1 Å². The molecule has 11 heteroatoms. The lowest BCUT2D eigenvalue weighted by molar-refractivity contribution is -0.207. The Hall–Kier alpha value is -2.33. The molecule has 1 unspecified atom stereocenters. The zero-order valence-electron chi connectivity index (χ0n) is 13.4. The third kappa shape index (κ3) is 4.07. The van der Waals surface area contributed by atoms with Gasteiger partial charge in [-0.2, -0.15) is 17.9 Å². The van der Waals surface area contributed by atoms with Gasteiger partial charge in [-0.1, -0.05) is 18.5 Å². The van der Waals surface area contributed by atoms with Gasteiger partial charge in [0.25, 0.3) is 0 Å². The fourth-order valence-electron chi connectivity index (χ4n) is 2.32. The number of nitrogens with zero attached hydrogens (tertiary/aromatic N) is 3. The normalized spacial score (nSPS) is 14.2. The van der Waals surface area contributed by atoms with E-state index in [9.17, 15) is 33.0 Å². The molecule has 2 N–H and O–H groups in total. The van der Waals surface area contributed by atoms with Crippen LogP contribution in [0.3, 0.4) is 0 Å². The summed E-state index contributed by atoms with van der Waals surface area (Å²) in [5.41, 5.74) is -0.813. The third-order valence-electron chi connectivity index (χ3n) is 3.69. The second-order valence-corrected chi connectivity index (χ2v) is 5.92. The van der Waals surface area contributed by atoms with Gasteiger partial charge in [0.1, 0.15) is 0 Å². The number of hydrogen-bond acceptors (Lipinski definition) is 4. The first kappa shape index (κ1) is 20.0. The molecule has 0 fully saturated rings. The maximum absolute atomic E-state index is 12.7. The fourth-order valence-corrected chi connectivity index (χ4v) is 2.45. The van der Waals surface area contributed by atoms with E-state index >= 15 is 0 Å². The van der Waals surface area contributed by atoms with E-state index in [0.29, 0.717) is 14.3 Å². The van der Waals surface area contributed by atoms with E-state index in [-0.39, 0.29) is 17.8 Å². The van der Waals surface area contributed by atoms with Crippen LogP contribution in [0.2, 0.25) is 5.02 Å². The molecule has 0 aliphatic heterocycles. The molecular formula is C15H15ClF3N3O4. The van der Waals surface area contributed by atoms with Gasteiger partial charge in [0, 0.05) is 10.6 Å². The van der Waals surface area contributed by atoms with Gasteiger partial charge in [-0.25, -0.2) is 9.59 Å². The maximum Gasteiger partial charge on any atom is 0.416 e. The number of rotatable bonds is 6. The molecule has 26 heavy (non-hydrogen) atoms. The molecule has 7 nitrogen and oxygen atoms in total. The molecule has 0 aliphatic carbocycles. The van der Waals surface area contributed by atoms with E-state index in [0.717, 1.165) is 0 Å². The van der Waals surface area contributed by atoms with Gasteiger partial charge in [0.05, 0.1) is 6.54 Å². The molecule has 0 saturated carbocycles. The smallest absolute Gasteiger partial charge is 0.416 e. The predicted molar refractivity (Wildman–Crippen MR) is 86.0 cm³/mol. The van der Waals surface area contributed by atoms with Crippen LogP contribution in [0, 0.1) is 0 Å². The average Bonchev–Trinajstić information content (AvgIpc) is 2.85. The number of carboxylic acids is 1. The van der Waals surface area contributed by atoms with Crippen LogP contribution in [-0.4, -0.2) is 42.8 Å². The molecule has 2 atom stereocenters. The molecule has 1 aromatic heterocycles. The number of hydrogen-bond donors (Lipinski definition) is 2. The lowest BCUT2D eigenvalue weighted by Crippen LogP contribution is -2.38. The van der Waals surface area contributed by atoms with Gasteiger partial charge in [-0.3, -0.25) is 4.57 Å². The Bertz CT molecular complexity index is 845. The molecule has 2 rings (SSSR count). The van der Waals surface area contributed by atoms with Gasteiger partial charge in [0.15, 0.2) is 18.0 Å². The zero-order chi connectivity index (χ0) is 19.6. The van der Waals surface area contributed by atoms with Crippen molar-refractivity contribution in [3.63, 3.8) is 0 Å². The van der Waals surface area contributed by atoms with Crippen molar-refractivity contribution in [2.24, 2.45) is 0 Å². The number of alkyl halides is 3. The molecule has 142 valence electrons. The fraction of sp³-hybridized carbons (Fsp3) is 0.400. The first-order valence-electron chi connectivity index (χ1n) is 7.49. The van der Waals surface area contributed by atoms with Crippen LogP contribution in [0.1, 0.15) is 19.4 Å². The molecule has 1 aromatic carbocycles. The van der Waals surface area contributed by atoms with Crippen molar-refractivity contribution in [1.82, 2.24) is 14.3 Å². The van der Waals surface area contributed by atoms with Gasteiger partial charge in [-0.05, 0) is 30.7 Å². The summed E-state index contributed by atoms with van der Waals surface area (Å²) in [5, 5.41) is 22.8. The van der Waals surface area contributed by atoms with Crippen LogP contribution in [-0.2, 0) is 11.3 Å². The number of benzene rings is 1. The number of aliphatic carboxylic acids is 1. The van der Waals surface area contributed by atoms with Gasteiger partial charge >= 0.3 is 17.8 Å². The minimum atomic E-state index is -4.95. The summed E-state index contributed by atoms with van der Waals surface area (Å²) in [6.07, 6.45) is -7.77. The number of aliphatic hydroxyl groups excluding tert-OH is 1. The van der Waals surface area contributed by atoms with Crippen molar-refractivity contribution in [3.8, 4) is 11.4 Å². The standard InChI is InChI=1S/C15H15ClF3N3O4/c1-2-10(13(24)25)22-14(26)21(7-11(23)15(17,18)19)12(20-22)8-3-5-9(16)6-4-8/h3-6,10-11,23H,2,7H2,1H3,(H,24,25)/t10?,11-/m0/s1. The summed E-state index contributed by atoms with van der Waals surface area (Å²) in [7, 11) is 0. The van der Waals surface area contributed by atoms with Crippen molar-refractivity contribution in [2.45, 2.75) is 38.2 Å². The lowest BCUT2D eigenvalue weighted by atomic mass is 10.2. The van der Waals surface area contributed by atoms with E-state index in [1.807, 2.05) is 0 Å². The van der Waals surface area contributed by atoms with Crippen molar-refractivity contribution >= 4 is 17.6 Å². The second kappa shape index (κ2) is 7.50. The minimum Gasteiger partial charge on any atom is -0.480 e. The van der Waals surface area contributed by atoms with Crippen molar-refractivity contribution < 1.29 is 28.2 Å². The Morgan fingerprint density at radius 2 is 1.88 bits per heavy atom. The summed E-state index contributed by atoms with van der Waals surface area (Å²) in [4.78, 5) is 23.8. The van der Waals surface area contributed by atoms with Crippen molar-refractivity contribution in [2.75, 3.05) is 0 Å². The Kier molecular flexibility index (Phi) is 5.77. The number of halogens is 4. The number of aromatic nitrogens is 3. The number of carboxylic acid groups (broad SMARTS) is 1. The molecule has 0 saturated heterocycles. The van der Waals surface area contributed by atoms with Crippen LogP contribution >= 0.6 is 11.6 Å². The van der Waals surface area contributed by atoms with Gasteiger partial charge < -0.3 is 10.2 Å². The van der Waals surface area contributed by atoms with E-state index in [1.54, 1.807) is 0 Å². The minimum absolute atomic E-state index is 0.00582. The van der Waals surface area contributed by atoms with E-state index in [4.69, 9.17) is 11.6 Å². The average molecular weight is 394 g/mol. The molecule has 0 aliphatic rings. The molecule has 0 spiro atoms. The summed E-state index contributed by atoms with van der Waals surface area (Å²) < 4.78 is 39.3. The van der Waals surface area contributed by atoms with Gasteiger partial charge in [-0.15, -0.1) is 5.10 Å². The topological polar surface area (TPSA) is 97.3 Å². The summed E-state index contributed by atoms with van der Waals surface area (Å²) >= 11 is 5.77. The predicted octanol–water partition coefficient (Wildman–Crippen LogP) is 2.32. The first-order chi connectivity index (χ1) is 12.1. The highest BCUT2D eigenvalue weighted by Gasteiger charge is 2.39. The second-order valence-electron chi connectivity index (χ2n) is 5.49. The Morgan fingerprint density at radius 1 is 1.31 bits per heavy atom. The highest BCUT2D eigenvalue weighted by atomic mass is 35.5. The Labute approximate surface area is 150 Å². The molecule has 2 aromatic rings. The largest absolute Gasteiger partial charge is 0.480 e. The first-order valence-corrected chi connectivity index (χ1v) is 7.87. The van der Waals surface area contributed by atoms with Crippen molar-refractivity contribution in [1.29, 1.82) is 0 Å². The van der Waals surface area contributed by atoms with Crippen LogP contribution in [0.25, 0.3) is 11.4 Å². The van der Waals surface area contributed by atoms with E-state index < -0.39 is 36.5 Å².